The average molecular weight is 516 g/mol. The van der Waals surface area contributed by atoms with Crippen molar-refractivity contribution in [2.45, 2.75) is 57.5 Å². The van der Waals surface area contributed by atoms with Crippen molar-refractivity contribution in [3.05, 3.63) is 71.7 Å². The molecule has 38 heavy (non-hydrogen) atoms. The molecular formula is C29H29N3O6. The van der Waals surface area contributed by atoms with Crippen LogP contribution in [0.25, 0.3) is 22.4 Å². The van der Waals surface area contributed by atoms with Crippen molar-refractivity contribution < 1.29 is 29.0 Å². The lowest BCUT2D eigenvalue weighted by atomic mass is 9.95. The number of aliphatic carboxylic acids is 1. The number of phenols is 1. The molecule has 9 heteroatoms. The number of amides is 1. The summed E-state index contributed by atoms with van der Waals surface area (Å²) >= 11 is 0. The van der Waals surface area contributed by atoms with Crippen LogP contribution in [0.1, 0.15) is 71.3 Å². The molecule has 2 aromatic carbocycles. The van der Waals surface area contributed by atoms with E-state index < -0.39 is 17.9 Å². The van der Waals surface area contributed by atoms with Gasteiger partial charge in [-0.2, -0.15) is 0 Å². The van der Waals surface area contributed by atoms with Crippen molar-refractivity contribution in [2.75, 3.05) is 0 Å². The average Bonchev–Trinajstić information content (AvgIpc) is 3.57. The van der Waals surface area contributed by atoms with Gasteiger partial charge < -0.3 is 24.5 Å². The van der Waals surface area contributed by atoms with Gasteiger partial charge in [-0.05, 0) is 61.7 Å². The Morgan fingerprint density at radius 3 is 2.58 bits per heavy atom. The number of nitrogens with zero attached hydrogens (tertiary/aromatic N) is 2. The lowest BCUT2D eigenvalue weighted by Gasteiger charge is -2.25. The fraction of sp³-hybridized carbons (Fsp3) is 0.310. The van der Waals surface area contributed by atoms with Crippen LogP contribution in [0.15, 0.2) is 59.4 Å². The van der Waals surface area contributed by atoms with Gasteiger partial charge in [-0.3, -0.25) is 9.59 Å². The molecule has 1 fully saturated rings. The number of rotatable bonds is 8. The standard InChI is InChI=1S/C29H29N3O6/c1-17(33)22-13-18(7-10-26(22)34)14-24(29(36)37)31-28(35)19-8-9-25-23(15-19)30-27(20-11-12-38-16-20)32(25)21-5-3-2-4-6-21/h7-13,15-16,21,24,34H,2-6,14H2,1H3,(H,31,35)(H,36,37). The summed E-state index contributed by atoms with van der Waals surface area (Å²) in [6, 6.07) is 10.5. The van der Waals surface area contributed by atoms with Gasteiger partial charge in [0.15, 0.2) is 5.78 Å². The molecule has 1 atom stereocenters. The smallest absolute Gasteiger partial charge is 0.326 e. The topological polar surface area (TPSA) is 135 Å². The summed E-state index contributed by atoms with van der Waals surface area (Å²) in [7, 11) is 0. The van der Waals surface area contributed by atoms with E-state index in [1.165, 1.54) is 31.5 Å². The Hall–Kier alpha value is -4.40. The molecule has 196 valence electrons. The lowest BCUT2D eigenvalue weighted by molar-refractivity contribution is -0.139. The molecule has 9 nitrogen and oxygen atoms in total. The van der Waals surface area contributed by atoms with E-state index in [1.54, 1.807) is 24.7 Å². The first-order chi connectivity index (χ1) is 18.3. The molecule has 0 radical (unpaired) electrons. The minimum absolute atomic E-state index is 0.0508. The summed E-state index contributed by atoms with van der Waals surface area (Å²) in [6.45, 7) is 1.32. The summed E-state index contributed by atoms with van der Waals surface area (Å²) in [5.41, 5.74) is 3.34. The van der Waals surface area contributed by atoms with Gasteiger partial charge >= 0.3 is 5.97 Å². The molecule has 0 aliphatic heterocycles. The number of carboxylic acid groups (broad SMARTS) is 1. The van der Waals surface area contributed by atoms with Crippen LogP contribution in [0.4, 0.5) is 0 Å². The minimum atomic E-state index is -1.23. The van der Waals surface area contributed by atoms with Crippen molar-refractivity contribution >= 4 is 28.7 Å². The number of aromatic nitrogens is 2. The first kappa shape index (κ1) is 25.3. The maximum Gasteiger partial charge on any atom is 0.326 e. The van der Waals surface area contributed by atoms with Crippen molar-refractivity contribution in [1.82, 2.24) is 14.9 Å². The van der Waals surface area contributed by atoms with Gasteiger partial charge in [0.1, 0.15) is 23.9 Å². The van der Waals surface area contributed by atoms with E-state index in [4.69, 9.17) is 9.40 Å². The quantitative estimate of drug-likeness (QED) is 0.277. The summed E-state index contributed by atoms with van der Waals surface area (Å²) in [5, 5.41) is 22.2. The van der Waals surface area contributed by atoms with Crippen LogP contribution in [-0.2, 0) is 11.2 Å². The van der Waals surface area contributed by atoms with Crippen molar-refractivity contribution in [3.8, 4) is 17.1 Å². The Balaban J connectivity index is 1.42. The number of fused-ring (bicyclic) bond motifs is 1. The first-order valence-corrected chi connectivity index (χ1v) is 12.7. The molecule has 1 unspecified atom stereocenters. The van der Waals surface area contributed by atoms with Crippen LogP contribution in [0.2, 0.25) is 0 Å². The van der Waals surface area contributed by atoms with Gasteiger partial charge in [-0.15, -0.1) is 0 Å². The number of carboxylic acids is 1. The molecule has 2 aromatic heterocycles. The summed E-state index contributed by atoms with van der Waals surface area (Å²) < 4.78 is 7.54. The zero-order valence-corrected chi connectivity index (χ0v) is 21.0. The third kappa shape index (κ3) is 5.04. The molecule has 1 aliphatic rings. The Morgan fingerprint density at radius 1 is 1.11 bits per heavy atom. The van der Waals surface area contributed by atoms with E-state index in [2.05, 4.69) is 9.88 Å². The normalized spacial score (nSPS) is 14.9. The summed E-state index contributed by atoms with van der Waals surface area (Å²) in [5.74, 6) is -1.47. The van der Waals surface area contributed by atoms with Gasteiger partial charge in [0, 0.05) is 18.0 Å². The Morgan fingerprint density at radius 2 is 1.89 bits per heavy atom. The molecular weight excluding hydrogens is 486 g/mol. The molecule has 1 aliphatic carbocycles. The highest BCUT2D eigenvalue weighted by Crippen LogP contribution is 2.36. The summed E-state index contributed by atoms with van der Waals surface area (Å²) in [4.78, 5) is 41.7. The highest BCUT2D eigenvalue weighted by molar-refractivity contribution is 6.00. The van der Waals surface area contributed by atoms with Crippen LogP contribution >= 0.6 is 0 Å². The maximum absolute atomic E-state index is 13.1. The number of hydrogen-bond donors (Lipinski definition) is 3. The third-order valence-corrected chi connectivity index (χ3v) is 7.15. The van der Waals surface area contributed by atoms with Crippen LogP contribution in [0, 0.1) is 0 Å². The molecule has 5 rings (SSSR count). The van der Waals surface area contributed by atoms with Crippen molar-refractivity contribution in [1.29, 1.82) is 0 Å². The number of benzene rings is 2. The number of nitrogens with one attached hydrogen (secondary N) is 1. The molecule has 0 bridgehead atoms. The van der Waals surface area contributed by atoms with E-state index in [0.717, 1.165) is 42.6 Å². The second kappa shape index (κ2) is 10.5. The number of aromatic hydroxyl groups is 1. The highest BCUT2D eigenvalue weighted by atomic mass is 16.4. The zero-order valence-electron chi connectivity index (χ0n) is 21.0. The number of hydrogen-bond acceptors (Lipinski definition) is 6. The van der Waals surface area contributed by atoms with Crippen LogP contribution < -0.4 is 5.32 Å². The molecule has 0 saturated heterocycles. The number of furan rings is 1. The Kier molecular flexibility index (Phi) is 7.00. The predicted molar refractivity (Wildman–Crippen MR) is 140 cm³/mol. The third-order valence-electron chi connectivity index (χ3n) is 7.15. The van der Waals surface area contributed by atoms with Crippen molar-refractivity contribution in [2.24, 2.45) is 0 Å². The summed E-state index contributed by atoms with van der Waals surface area (Å²) in [6.07, 6.45) is 8.86. The van der Waals surface area contributed by atoms with Gasteiger partial charge in [-0.25, -0.2) is 9.78 Å². The van der Waals surface area contributed by atoms with E-state index in [0.29, 0.717) is 22.7 Å². The fourth-order valence-electron chi connectivity index (χ4n) is 5.21. The molecule has 0 spiro atoms. The van der Waals surface area contributed by atoms with Crippen LogP contribution in [-0.4, -0.2) is 43.5 Å². The Bertz CT molecular complexity index is 1500. The van der Waals surface area contributed by atoms with Gasteiger partial charge in [0.25, 0.3) is 5.91 Å². The van der Waals surface area contributed by atoms with Crippen LogP contribution in [0.5, 0.6) is 5.75 Å². The van der Waals surface area contributed by atoms with Crippen molar-refractivity contribution in [3.63, 3.8) is 0 Å². The largest absolute Gasteiger partial charge is 0.507 e. The number of carbonyl (C=O) groups excluding carboxylic acids is 2. The second-order valence-electron chi connectivity index (χ2n) is 9.79. The van der Waals surface area contributed by atoms with Gasteiger partial charge in [-0.1, -0.05) is 25.3 Å². The van der Waals surface area contributed by atoms with Gasteiger partial charge in [0.2, 0.25) is 0 Å². The Labute approximate surface area is 219 Å². The minimum Gasteiger partial charge on any atom is -0.507 e. The molecule has 3 N–H and O–H groups in total. The van der Waals surface area contributed by atoms with E-state index in [-0.39, 0.29) is 23.5 Å². The monoisotopic (exact) mass is 515 g/mol. The molecule has 1 saturated carbocycles. The molecule has 2 heterocycles. The molecule has 1 amide bonds. The zero-order chi connectivity index (χ0) is 26.8. The fourth-order valence-corrected chi connectivity index (χ4v) is 5.21. The number of imidazole rings is 1. The number of phenolic OH excluding ortho intramolecular Hbond substituents is 1. The predicted octanol–water partition coefficient (Wildman–Crippen LogP) is 5.14. The lowest BCUT2D eigenvalue weighted by Crippen LogP contribution is -2.42. The van der Waals surface area contributed by atoms with Gasteiger partial charge in [0.05, 0.1) is 28.4 Å². The van der Waals surface area contributed by atoms with E-state index >= 15 is 0 Å². The first-order valence-electron chi connectivity index (χ1n) is 12.7. The number of Topliss-reactive ketones (excluding diaryl/α,β-unsaturated/α-hetero) is 1. The van der Waals surface area contributed by atoms with E-state index in [1.807, 2.05) is 12.1 Å². The van der Waals surface area contributed by atoms with Crippen LogP contribution in [0.3, 0.4) is 0 Å². The highest BCUT2D eigenvalue weighted by Gasteiger charge is 2.25. The SMILES string of the molecule is CC(=O)c1cc(CC(NC(=O)c2ccc3c(c2)nc(-c2ccoc2)n3C2CCCCC2)C(=O)O)ccc1O. The maximum atomic E-state index is 13.1. The van der Waals surface area contributed by atoms with E-state index in [9.17, 15) is 24.6 Å². The molecule has 4 aromatic rings. The second-order valence-corrected chi connectivity index (χ2v) is 9.79. The number of carbonyl (C=O) groups is 3. The number of ketones is 1.